The maximum absolute atomic E-state index is 2.74. The summed E-state index contributed by atoms with van der Waals surface area (Å²) in [6, 6.07) is 2.13. The van der Waals surface area contributed by atoms with Gasteiger partial charge in [0, 0.05) is 18.6 Å². The van der Waals surface area contributed by atoms with E-state index in [-0.39, 0.29) is 0 Å². The molecule has 4 unspecified atom stereocenters. The molecular formula is C10H17N. The van der Waals surface area contributed by atoms with Crippen LogP contribution in [0.5, 0.6) is 0 Å². The van der Waals surface area contributed by atoms with Gasteiger partial charge >= 0.3 is 0 Å². The van der Waals surface area contributed by atoms with E-state index in [1.807, 2.05) is 0 Å². The van der Waals surface area contributed by atoms with Crippen molar-refractivity contribution in [1.29, 1.82) is 0 Å². The summed E-state index contributed by atoms with van der Waals surface area (Å²) in [5, 5.41) is 0. The van der Waals surface area contributed by atoms with Crippen molar-refractivity contribution in [2.24, 2.45) is 11.8 Å². The monoisotopic (exact) mass is 151 g/mol. The van der Waals surface area contributed by atoms with Crippen LogP contribution in [-0.4, -0.2) is 23.5 Å². The lowest BCUT2D eigenvalue weighted by Crippen LogP contribution is -2.78. The topological polar surface area (TPSA) is 3.24 Å². The number of nitrogens with zero attached hydrogens (tertiary/aromatic N) is 1. The van der Waals surface area contributed by atoms with Gasteiger partial charge in [0.1, 0.15) is 0 Å². The Hall–Kier alpha value is -0.0400. The summed E-state index contributed by atoms with van der Waals surface area (Å²) >= 11 is 0. The largest absolute Gasteiger partial charge is 0.296 e. The Balaban J connectivity index is 1.62. The molecule has 0 spiro atoms. The number of rotatable bonds is 2. The fraction of sp³-hybridized carbons (Fsp3) is 1.00. The van der Waals surface area contributed by atoms with Crippen LogP contribution in [0, 0.1) is 11.8 Å². The second-order valence-electron chi connectivity index (χ2n) is 4.53. The highest BCUT2D eigenvalue weighted by atomic mass is 15.3. The SMILES string of the molecule is CCCC1CC2C3CCN3C12. The summed E-state index contributed by atoms with van der Waals surface area (Å²) in [7, 11) is 0. The van der Waals surface area contributed by atoms with E-state index in [0.29, 0.717) is 0 Å². The fourth-order valence-electron chi connectivity index (χ4n) is 3.50. The van der Waals surface area contributed by atoms with Gasteiger partial charge in [0.25, 0.3) is 0 Å². The molecule has 0 radical (unpaired) electrons. The van der Waals surface area contributed by atoms with E-state index in [0.717, 1.165) is 23.9 Å². The van der Waals surface area contributed by atoms with Crippen LogP contribution in [-0.2, 0) is 0 Å². The van der Waals surface area contributed by atoms with Gasteiger partial charge < -0.3 is 0 Å². The molecule has 0 aromatic rings. The van der Waals surface area contributed by atoms with Crippen molar-refractivity contribution in [3.05, 3.63) is 0 Å². The molecule has 4 atom stereocenters. The average Bonchev–Trinajstić information content (AvgIpc) is 1.96. The number of fused-ring (bicyclic) bond motifs is 4. The van der Waals surface area contributed by atoms with Gasteiger partial charge in [-0.1, -0.05) is 13.3 Å². The summed E-state index contributed by atoms with van der Waals surface area (Å²) in [6.07, 6.45) is 5.97. The first-order valence-corrected chi connectivity index (χ1v) is 5.17. The van der Waals surface area contributed by atoms with E-state index in [1.165, 1.54) is 25.8 Å². The molecule has 0 amide bonds. The van der Waals surface area contributed by atoms with Gasteiger partial charge in [-0.25, -0.2) is 0 Å². The molecule has 3 rings (SSSR count). The molecule has 62 valence electrons. The third-order valence-corrected chi connectivity index (χ3v) is 4.14. The molecule has 3 fully saturated rings. The molecule has 1 nitrogen and oxygen atoms in total. The maximum atomic E-state index is 2.74. The molecule has 3 aliphatic rings. The normalized spacial score (nSPS) is 53.2. The molecular weight excluding hydrogens is 134 g/mol. The number of hydrogen-bond donors (Lipinski definition) is 0. The van der Waals surface area contributed by atoms with Gasteiger partial charge in [0.15, 0.2) is 0 Å². The van der Waals surface area contributed by atoms with E-state index in [1.54, 1.807) is 6.42 Å². The minimum Gasteiger partial charge on any atom is -0.296 e. The Bertz CT molecular complexity index is 172. The molecule has 1 aliphatic carbocycles. The lowest BCUT2D eigenvalue weighted by atomic mass is 9.54. The Morgan fingerprint density at radius 2 is 2.36 bits per heavy atom. The maximum Gasteiger partial charge on any atom is 0.0170 e. The van der Waals surface area contributed by atoms with Crippen LogP contribution in [0.1, 0.15) is 32.6 Å². The standard InChI is InChI=1S/C10H17N/c1-2-3-7-6-8-9-4-5-11(9)10(7)8/h7-10H,2-6H2,1H3. The van der Waals surface area contributed by atoms with E-state index in [9.17, 15) is 0 Å². The van der Waals surface area contributed by atoms with Crippen molar-refractivity contribution in [3.8, 4) is 0 Å². The summed E-state index contributed by atoms with van der Waals surface area (Å²) in [5.41, 5.74) is 0. The van der Waals surface area contributed by atoms with E-state index in [2.05, 4.69) is 11.8 Å². The van der Waals surface area contributed by atoms with Gasteiger partial charge in [0.2, 0.25) is 0 Å². The Morgan fingerprint density at radius 3 is 2.91 bits per heavy atom. The first-order valence-electron chi connectivity index (χ1n) is 5.17. The average molecular weight is 151 g/mol. The number of hydrogen-bond acceptors (Lipinski definition) is 1. The van der Waals surface area contributed by atoms with Crippen molar-refractivity contribution >= 4 is 0 Å². The van der Waals surface area contributed by atoms with E-state index < -0.39 is 0 Å². The highest BCUT2D eigenvalue weighted by molar-refractivity contribution is 5.15. The van der Waals surface area contributed by atoms with E-state index in [4.69, 9.17) is 0 Å². The van der Waals surface area contributed by atoms with Crippen LogP contribution in [0.15, 0.2) is 0 Å². The van der Waals surface area contributed by atoms with Crippen LogP contribution in [0.3, 0.4) is 0 Å². The van der Waals surface area contributed by atoms with Gasteiger partial charge in [-0.05, 0) is 31.1 Å². The van der Waals surface area contributed by atoms with Crippen molar-refractivity contribution in [3.63, 3.8) is 0 Å². The Kier molecular flexibility index (Phi) is 1.18. The van der Waals surface area contributed by atoms with Gasteiger partial charge in [-0.15, -0.1) is 0 Å². The summed E-state index contributed by atoms with van der Waals surface area (Å²) in [4.78, 5) is 2.74. The fourth-order valence-corrected chi connectivity index (χ4v) is 3.50. The first-order chi connectivity index (χ1) is 5.42. The molecule has 2 aliphatic heterocycles. The molecule has 0 bridgehead atoms. The van der Waals surface area contributed by atoms with Crippen molar-refractivity contribution in [2.75, 3.05) is 6.54 Å². The molecule has 11 heavy (non-hydrogen) atoms. The summed E-state index contributed by atoms with van der Waals surface area (Å²) in [6.45, 7) is 3.74. The predicted octanol–water partition coefficient (Wildman–Crippen LogP) is 1.88. The first kappa shape index (κ1) is 6.47. The molecule has 1 heteroatoms. The Morgan fingerprint density at radius 1 is 1.45 bits per heavy atom. The zero-order valence-corrected chi connectivity index (χ0v) is 7.29. The van der Waals surface area contributed by atoms with Crippen LogP contribution in [0.2, 0.25) is 0 Å². The minimum absolute atomic E-state index is 1.06. The van der Waals surface area contributed by atoms with E-state index >= 15 is 0 Å². The molecule has 0 N–H and O–H groups in total. The molecule has 2 saturated heterocycles. The number of piperidine rings is 2. The van der Waals surface area contributed by atoms with Crippen LogP contribution >= 0.6 is 0 Å². The van der Waals surface area contributed by atoms with Crippen LogP contribution in [0.4, 0.5) is 0 Å². The van der Waals surface area contributed by atoms with Gasteiger partial charge in [-0.3, -0.25) is 4.90 Å². The summed E-state index contributed by atoms with van der Waals surface area (Å²) < 4.78 is 0. The van der Waals surface area contributed by atoms with Crippen molar-refractivity contribution in [1.82, 2.24) is 4.90 Å². The molecule has 0 aromatic heterocycles. The third-order valence-electron chi connectivity index (χ3n) is 4.14. The highest BCUT2D eigenvalue weighted by Crippen LogP contribution is 2.57. The van der Waals surface area contributed by atoms with Crippen LogP contribution in [0.25, 0.3) is 0 Å². The second-order valence-corrected chi connectivity index (χ2v) is 4.53. The van der Waals surface area contributed by atoms with Crippen molar-refractivity contribution in [2.45, 2.75) is 44.7 Å². The van der Waals surface area contributed by atoms with Gasteiger partial charge in [-0.2, -0.15) is 0 Å². The smallest absolute Gasteiger partial charge is 0.0170 e. The molecule has 1 saturated carbocycles. The minimum atomic E-state index is 1.06. The lowest BCUT2D eigenvalue weighted by molar-refractivity contribution is -0.216. The zero-order chi connectivity index (χ0) is 7.42. The molecule has 2 heterocycles. The Labute approximate surface area is 68.8 Å². The highest BCUT2D eigenvalue weighted by Gasteiger charge is 2.61. The lowest BCUT2D eigenvalue weighted by Gasteiger charge is -2.71. The second kappa shape index (κ2) is 2.01. The van der Waals surface area contributed by atoms with Gasteiger partial charge in [0.05, 0.1) is 0 Å². The molecule has 0 aromatic carbocycles. The van der Waals surface area contributed by atoms with Crippen LogP contribution < -0.4 is 0 Å². The third kappa shape index (κ3) is 0.618. The van der Waals surface area contributed by atoms with Crippen molar-refractivity contribution < 1.29 is 0 Å². The predicted molar refractivity (Wildman–Crippen MR) is 45.4 cm³/mol. The summed E-state index contributed by atoms with van der Waals surface area (Å²) in [5.74, 6) is 2.25. The quantitative estimate of drug-likeness (QED) is 0.582. The zero-order valence-electron chi connectivity index (χ0n) is 7.29.